The van der Waals surface area contributed by atoms with E-state index in [1.54, 1.807) is 7.11 Å². The largest absolute Gasteiger partial charge is 0.497 e. The molecule has 0 fully saturated rings. The summed E-state index contributed by atoms with van der Waals surface area (Å²) >= 11 is 0. The zero-order valence-electron chi connectivity index (χ0n) is 11.7. The molecule has 0 radical (unpaired) electrons. The lowest BCUT2D eigenvalue weighted by Gasteiger charge is -2.08. The third-order valence-corrected chi connectivity index (χ3v) is 3.42. The first kappa shape index (κ1) is 13.2. The van der Waals surface area contributed by atoms with Gasteiger partial charge in [0.1, 0.15) is 5.75 Å². The van der Waals surface area contributed by atoms with Gasteiger partial charge in [-0.1, -0.05) is 24.3 Å². The van der Waals surface area contributed by atoms with Crippen LogP contribution in [0, 0.1) is 0 Å². The number of ether oxygens (including phenoxy) is 1. The molecule has 106 valence electrons. The molecule has 2 aromatic carbocycles. The topological polar surface area (TPSA) is 54.1 Å². The SMILES string of the molecule is COc1cccc(CNC(=O)c2cccc3cc[nH]c23)c1. The number of carbonyl (C=O) groups excluding carboxylic acids is 1. The van der Waals surface area contributed by atoms with Crippen molar-refractivity contribution < 1.29 is 9.53 Å². The lowest BCUT2D eigenvalue weighted by atomic mass is 10.1. The van der Waals surface area contributed by atoms with E-state index in [0.29, 0.717) is 12.1 Å². The zero-order valence-corrected chi connectivity index (χ0v) is 11.7. The van der Waals surface area contributed by atoms with E-state index in [-0.39, 0.29) is 5.91 Å². The number of hydrogen-bond acceptors (Lipinski definition) is 2. The second-order valence-corrected chi connectivity index (χ2v) is 4.78. The molecule has 3 aromatic rings. The summed E-state index contributed by atoms with van der Waals surface area (Å²) in [5.41, 5.74) is 2.52. The molecule has 2 N–H and O–H groups in total. The Bertz CT molecular complexity index is 777. The molecule has 3 rings (SSSR count). The summed E-state index contributed by atoms with van der Waals surface area (Å²) < 4.78 is 5.18. The minimum absolute atomic E-state index is 0.0918. The molecule has 0 aliphatic carbocycles. The van der Waals surface area contributed by atoms with Crippen LogP contribution in [0.2, 0.25) is 0 Å². The first-order valence-corrected chi connectivity index (χ1v) is 6.75. The number of methoxy groups -OCH3 is 1. The van der Waals surface area contributed by atoms with Gasteiger partial charge in [0.15, 0.2) is 0 Å². The monoisotopic (exact) mass is 280 g/mol. The molecule has 0 aliphatic rings. The second-order valence-electron chi connectivity index (χ2n) is 4.78. The molecular weight excluding hydrogens is 264 g/mol. The summed E-state index contributed by atoms with van der Waals surface area (Å²) in [5.74, 6) is 0.694. The number of H-pyrrole nitrogens is 1. The summed E-state index contributed by atoms with van der Waals surface area (Å²) in [6.07, 6.45) is 1.84. The number of carbonyl (C=O) groups is 1. The zero-order chi connectivity index (χ0) is 14.7. The minimum Gasteiger partial charge on any atom is -0.497 e. The van der Waals surface area contributed by atoms with Gasteiger partial charge in [-0.15, -0.1) is 0 Å². The third kappa shape index (κ3) is 2.74. The van der Waals surface area contributed by atoms with Crippen molar-refractivity contribution in [2.75, 3.05) is 7.11 Å². The van der Waals surface area contributed by atoms with Crippen LogP contribution in [-0.4, -0.2) is 18.0 Å². The van der Waals surface area contributed by atoms with Crippen molar-refractivity contribution in [3.05, 3.63) is 65.9 Å². The van der Waals surface area contributed by atoms with Crippen LogP contribution in [0.5, 0.6) is 5.75 Å². The van der Waals surface area contributed by atoms with E-state index < -0.39 is 0 Å². The molecule has 0 spiro atoms. The number of rotatable bonds is 4. The van der Waals surface area contributed by atoms with E-state index in [1.165, 1.54) is 0 Å². The first-order valence-electron chi connectivity index (χ1n) is 6.75. The van der Waals surface area contributed by atoms with Gasteiger partial charge in [0, 0.05) is 18.1 Å². The van der Waals surface area contributed by atoms with Gasteiger partial charge < -0.3 is 15.0 Å². The Hall–Kier alpha value is -2.75. The van der Waals surface area contributed by atoms with Crippen LogP contribution in [0.1, 0.15) is 15.9 Å². The number of aromatic amines is 1. The highest BCUT2D eigenvalue weighted by molar-refractivity contribution is 6.05. The Balaban J connectivity index is 1.76. The number of nitrogens with one attached hydrogen (secondary N) is 2. The summed E-state index contributed by atoms with van der Waals surface area (Å²) in [5, 5.41) is 3.97. The minimum atomic E-state index is -0.0918. The van der Waals surface area contributed by atoms with Gasteiger partial charge in [-0.3, -0.25) is 4.79 Å². The smallest absolute Gasteiger partial charge is 0.253 e. The lowest BCUT2D eigenvalue weighted by molar-refractivity contribution is 0.0952. The molecule has 0 saturated carbocycles. The molecule has 0 bridgehead atoms. The average Bonchev–Trinajstić information content (AvgIpc) is 3.01. The van der Waals surface area contributed by atoms with Crippen LogP contribution in [0.25, 0.3) is 10.9 Å². The van der Waals surface area contributed by atoms with Crippen LogP contribution >= 0.6 is 0 Å². The highest BCUT2D eigenvalue weighted by Crippen LogP contribution is 2.17. The first-order chi connectivity index (χ1) is 10.3. The molecule has 0 atom stereocenters. The molecule has 4 heteroatoms. The predicted octanol–water partition coefficient (Wildman–Crippen LogP) is 3.11. The van der Waals surface area contributed by atoms with Crippen LogP contribution < -0.4 is 10.1 Å². The van der Waals surface area contributed by atoms with Gasteiger partial charge in [-0.25, -0.2) is 0 Å². The molecule has 1 amide bonds. The highest BCUT2D eigenvalue weighted by Gasteiger charge is 2.10. The van der Waals surface area contributed by atoms with E-state index in [1.807, 2.05) is 54.7 Å². The quantitative estimate of drug-likeness (QED) is 0.771. The predicted molar refractivity (Wildman–Crippen MR) is 82.5 cm³/mol. The van der Waals surface area contributed by atoms with Crippen molar-refractivity contribution in [3.63, 3.8) is 0 Å². The van der Waals surface area contributed by atoms with Gasteiger partial charge in [0.05, 0.1) is 18.2 Å². The van der Waals surface area contributed by atoms with E-state index in [9.17, 15) is 4.79 Å². The maximum atomic E-state index is 12.3. The maximum Gasteiger partial charge on any atom is 0.253 e. The van der Waals surface area contributed by atoms with Gasteiger partial charge in [0.2, 0.25) is 0 Å². The van der Waals surface area contributed by atoms with Crippen molar-refractivity contribution in [2.45, 2.75) is 6.54 Å². The van der Waals surface area contributed by atoms with E-state index >= 15 is 0 Å². The van der Waals surface area contributed by atoms with Crippen LogP contribution in [0.15, 0.2) is 54.7 Å². The third-order valence-electron chi connectivity index (χ3n) is 3.42. The summed E-state index contributed by atoms with van der Waals surface area (Å²) in [6, 6.07) is 15.3. The average molecular weight is 280 g/mol. The van der Waals surface area contributed by atoms with Crippen molar-refractivity contribution in [3.8, 4) is 5.75 Å². The van der Waals surface area contributed by atoms with Crippen LogP contribution in [0.3, 0.4) is 0 Å². The highest BCUT2D eigenvalue weighted by atomic mass is 16.5. The van der Waals surface area contributed by atoms with Crippen molar-refractivity contribution in [2.24, 2.45) is 0 Å². The van der Waals surface area contributed by atoms with Crippen molar-refractivity contribution in [1.29, 1.82) is 0 Å². The number of amides is 1. The molecule has 0 aliphatic heterocycles. The van der Waals surface area contributed by atoms with Crippen LogP contribution in [-0.2, 0) is 6.54 Å². The maximum absolute atomic E-state index is 12.3. The number of hydrogen-bond donors (Lipinski definition) is 2. The van der Waals surface area contributed by atoms with Crippen LogP contribution in [0.4, 0.5) is 0 Å². The molecule has 21 heavy (non-hydrogen) atoms. The number of aromatic nitrogens is 1. The van der Waals surface area contributed by atoms with Crippen molar-refractivity contribution in [1.82, 2.24) is 10.3 Å². The Morgan fingerprint density at radius 1 is 1.19 bits per heavy atom. The molecule has 1 aromatic heterocycles. The molecule has 0 unspecified atom stereocenters. The Labute approximate surface area is 122 Å². The summed E-state index contributed by atoms with van der Waals surface area (Å²) in [4.78, 5) is 15.4. The Kier molecular flexibility index (Phi) is 3.60. The van der Waals surface area contributed by atoms with Gasteiger partial charge in [0.25, 0.3) is 5.91 Å². The van der Waals surface area contributed by atoms with Crippen molar-refractivity contribution >= 4 is 16.8 Å². The Morgan fingerprint density at radius 3 is 2.90 bits per heavy atom. The van der Waals surface area contributed by atoms with Gasteiger partial charge >= 0.3 is 0 Å². The number of para-hydroxylation sites is 1. The Morgan fingerprint density at radius 2 is 2.05 bits per heavy atom. The summed E-state index contributed by atoms with van der Waals surface area (Å²) in [6.45, 7) is 0.465. The fourth-order valence-electron chi connectivity index (χ4n) is 2.33. The molecule has 1 heterocycles. The van der Waals surface area contributed by atoms with Gasteiger partial charge in [-0.2, -0.15) is 0 Å². The molecular formula is C17H16N2O2. The second kappa shape index (κ2) is 5.71. The van der Waals surface area contributed by atoms with E-state index in [0.717, 1.165) is 22.2 Å². The lowest BCUT2D eigenvalue weighted by Crippen LogP contribution is -2.23. The standard InChI is InChI=1S/C17H16N2O2/c1-21-14-6-2-4-12(10-14)11-19-17(20)15-7-3-5-13-8-9-18-16(13)15/h2-10,18H,11H2,1H3,(H,19,20). The van der Waals surface area contributed by atoms with Gasteiger partial charge in [-0.05, 0) is 29.8 Å². The molecule has 4 nitrogen and oxygen atoms in total. The van der Waals surface area contributed by atoms with E-state index in [4.69, 9.17) is 4.74 Å². The number of fused-ring (bicyclic) bond motifs is 1. The number of benzene rings is 2. The molecule has 0 saturated heterocycles. The normalized spacial score (nSPS) is 10.5. The fourth-order valence-corrected chi connectivity index (χ4v) is 2.33. The fraction of sp³-hybridized carbons (Fsp3) is 0.118. The van der Waals surface area contributed by atoms with E-state index in [2.05, 4.69) is 10.3 Å². The summed E-state index contributed by atoms with van der Waals surface area (Å²) in [7, 11) is 1.63.